The molecule has 1 heterocycles. The lowest BCUT2D eigenvalue weighted by molar-refractivity contribution is 0.0721. The van der Waals surface area contributed by atoms with Crippen molar-refractivity contribution in [3.8, 4) is 0 Å². The van der Waals surface area contributed by atoms with Crippen LogP contribution in [0.3, 0.4) is 0 Å². The minimum Gasteiger partial charge on any atom is -0.397 e. The van der Waals surface area contributed by atoms with Crippen molar-refractivity contribution in [2.24, 2.45) is 5.92 Å². The van der Waals surface area contributed by atoms with Crippen molar-refractivity contribution in [2.75, 3.05) is 12.8 Å². The number of nitrogens with two attached hydrogens (primary N) is 1. The molecule has 1 aromatic rings. The monoisotopic (exact) mass is 219 g/mol. The third-order valence-electron chi connectivity index (χ3n) is 3.24. The molecule has 1 fully saturated rings. The molecular formula is C12H17N3O. The molecule has 86 valence electrons. The smallest absolute Gasteiger partial charge is 0.272 e. The molecular weight excluding hydrogens is 202 g/mol. The number of pyridine rings is 1. The first-order valence-electron chi connectivity index (χ1n) is 5.58. The second kappa shape index (κ2) is 4.12. The standard InChI is InChI=1S/C12H17N3O/c1-8(9-3-4-9)15(2)12(16)11-6-5-10(13)7-14-11/h5-9H,3-4,13H2,1-2H3. The summed E-state index contributed by atoms with van der Waals surface area (Å²) in [5, 5.41) is 0. The van der Waals surface area contributed by atoms with Crippen LogP contribution in [0.15, 0.2) is 18.3 Å². The summed E-state index contributed by atoms with van der Waals surface area (Å²) in [5.74, 6) is 0.641. The highest BCUT2D eigenvalue weighted by atomic mass is 16.2. The van der Waals surface area contributed by atoms with Crippen LogP contribution >= 0.6 is 0 Å². The minimum absolute atomic E-state index is 0.0283. The average Bonchev–Trinajstić information content (AvgIpc) is 3.11. The Labute approximate surface area is 95.5 Å². The fraction of sp³-hybridized carbons (Fsp3) is 0.500. The number of rotatable bonds is 3. The molecule has 0 radical (unpaired) electrons. The van der Waals surface area contributed by atoms with Crippen molar-refractivity contribution in [3.05, 3.63) is 24.0 Å². The number of nitrogen functional groups attached to an aromatic ring is 1. The second-order valence-electron chi connectivity index (χ2n) is 4.47. The summed E-state index contributed by atoms with van der Waals surface area (Å²) >= 11 is 0. The summed E-state index contributed by atoms with van der Waals surface area (Å²) in [4.78, 5) is 17.9. The lowest BCUT2D eigenvalue weighted by Crippen LogP contribution is -2.36. The fourth-order valence-corrected chi connectivity index (χ4v) is 1.79. The Hall–Kier alpha value is -1.58. The van der Waals surface area contributed by atoms with Gasteiger partial charge in [0, 0.05) is 13.1 Å². The van der Waals surface area contributed by atoms with Crippen molar-refractivity contribution in [2.45, 2.75) is 25.8 Å². The Kier molecular flexibility index (Phi) is 2.81. The van der Waals surface area contributed by atoms with E-state index < -0.39 is 0 Å². The van der Waals surface area contributed by atoms with Gasteiger partial charge in [0.2, 0.25) is 0 Å². The molecule has 4 heteroatoms. The van der Waals surface area contributed by atoms with E-state index in [1.807, 2.05) is 7.05 Å². The maximum absolute atomic E-state index is 12.1. The highest BCUT2D eigenvalue weighted by molar-refractivity contribution is 5.92. The van der Waals surface area contributed by atoms with Crippen molar-refractivity contribution < 1.29 is 4.79 Å². The van der Waals surface area contributed by atoms with E-state index in [2.05, 4.69) is 11.9 Å². The van der Waals surface area contributed by atoms with E-state index in [-0.39, 0.29) is 5.91 Å². The van der Waals surface area contributed by atoms with E-state index in [9.17, 15) is 4.79 Å². The van der Waals surface area contributed by atoms with Crippen molar-refractivity contribution >= 4 is 11.6 Å². The summed E-state index contributed by atoms with van der Waals surface area (Å²) in [6.45, 7) is 2.09. The normalized spacial score (nSPS) is 16.9. The van der Waals surface area contributed by atoms with Crippen LogP contribution in [0.2, 0.25) is 0 Å². The van der Waals surface area contributed by atoms with E-state index in [4.69, 9.17) is 5.73 Å². The lowest BCUT2D eigenvalue weighted by Gasteiger charge is -2.24. The summed E-state index contributed by atoms with van der Waals surface area (Å²) in [7, 11) is 1.84. The lowest BCUT2D eigenvalue weighted by atomic mass is 10.2. The maximum Gasteiger partial charge on any atom is 0.272 e. The molecule has 1 aliphatic carbocycles. The number of nitrogens with zero attached hydrogens (tertiary/aromatic N) is 2. The number of hydrogen-bond acceptors (Lipinski definition) is 3. The Bertz CT molecular complexity index is 384. The molecule has 1 atom stereocenters. The quantitative estimate of drug-likeness (QED) is 0.838. The van der Waals surface area contributed by atoms with Gasteiger partial charge in [0.25, 0.3) is 5.91 Å². The third kappa shape index (κ3) is 2.15. The molecule has 1 saturated carbocycles. The molecule has 0 bridgehead atoms. The minimum atomic E-state index is -0.0283. The first kappa shape index (κ1) is 10.9. The van der Waals surface area contributed by atoms with Gasteiger partial charge in [0.15, 0.2) is 0 Å². The van der Waals surface area contributed by atoms with Gasteiger partial charge in [-0.15, -0.1) is 0 Å². The first-order chi connectivity index (χ1) is 7.59. The number of carbonyl (C=O) groups excluding carboxylic acids is 1. The molecule has 2 rings (SSSR count). The van der Waals surface area contributed by atoms with Crippen molar-refractivity contribution in [1.29, 1.82) is 0 Å². The Morgan fingerprint density at radius 2 is 2.25 bits per heavy atom. The molecule has 16 heavy (non-hydrogen) atoms. The maximum atomic E-state index is 12.1. The average molecular weight is 219 g/mol. The Balaban J connectivity index is 2.08. The SMILES string of the molecule is CC(C1CC1)N(C)C(=O)c1ccc(N)cn1. The van der Waals surface area contributed by atoms with Crippen LogP contribution in [0.5, 0.6) is 0 Å². The number of amides is 1. The topological polar surface area (TPSA) is 59.2 Å². The zero-order chi connectivity index (χ0) is 11.7. The number of hydrogen-bond donors (Lipinski definition) is 1. The van der Waals surface area contributed by atoms with Crippen molar-refractivity contribution in [3.63, 3.8) is 0 Å². The van der Waals surface area contributed by atoms with E-state index in [1.165, 1.54) is 19.0 Å². The van der Waals surface area contributed by atoms with Gasteiger partial charge in [0.1, 0.15) is 5.69 Å². The number of anilines is 1. The summed E-state index contributed by atoms with van der Waals surface area (Å²) in [6.07, 6.45) is 3.98. The summed E-state index contributed by atoms with van der Waals surface area (Å²) in [5.41, 5.74) is 6.57. The molecule has 0 spiro atoms. The molecule has 1 unspecified atom stereocenters. The van der Waals surface area contributed by atoms with Gasteiger partial charge in [-0.05, 0) is 37.8 Å². The van der Waals surface area contributed by atoms with Gasteiger partial charge in [-0.3, -0.25) is 4.79 Å². The predicted octanol–water partition coefficient (Wildman–Crippen LogP) is 1.53. The number of carbonyl (C=O) groups is 1. The van der Waals surface area contributed by atoms with E-state index in [0.29, 0.717) is 23.3 Å². The highest BCUT2D eigenvalue weighted by Crippen LogP contribution is 2.34. The van der Waals surface area contributed by atoms with Crippen molar-refractivity contribution in [1.82, 2.24) is 9.88 Å². The van der Waals surface area contributed by atoms with Crippen LogP contribution in [-0.4, -0.2) is 28.9 Å². The molecule has 1 aromatic heterocycles. The van der Waals surface area contributed by atoms with Gasteiger partial charge in [-0.25, -0.2) is 4.98 Å². The van der Waals surface area contributed by atoms with Crippen LogP contribution in [0.4, 0.5) is 5.69 Å². The van der Waals surface area contributed by atoms with Gasteiger partial charge in [0.05, 0.1) is 11.9 Å². The largest absolute Gasteiger partial charge is 0.397 e. The third-order valence-corrected chi connectivity index (χ3v) is 3.24. The van der Waals surface area contributed by atoms with Gasteiger partial charge < -0.3 is 10.6 Å². The van der Waals surface area contributed by atoms with Gasteiger partial charge >= 0.3 is 0 Å². The Morgan fingerprint density at radius 3 is 2.75 bits per heavy atom. The fourth-order valence-electron chi connectivity index (χ4n) is 1.79. The van der Waals surface area contributed by atoms with E-state index in [1.54, 1.807) is 17.0 Å². The summed E-state index contributed by atoms with van der Waals surface area (Å²) in [6, 6.07) is 3.68. The zero-order valence-electron chi connectivity index (χ0n) is 9.68. The van der Waals surface area contributed by atoms with E-state index >= 15 is 0 Å². The van der Waals surface area contributed by atoms with Crippen LogP contribution < -0.4 is 5.73 Å². The van der Waals surface area contributed by atoms with Gasteiger partial charge in [-0.1, -0.05) is 0 Å². The second-order valence-corrected chi connectivity index (χ2v) is 4.47. The first-order valence-corrected chi connectivity index (χ1v) is 5.58. The molecule has 0 aromatic carbocycles. The predicted molar refractivity (Wildman–Crippen MR) is 62.9 cm³/mol. The molecule has 0 saturated heterocycles. The van der Waals surface area contributed by atoms with E-state index in [0.717, 1.165) is 0 Å². The summed E-state index contributed by atoms with van der Waals surface area (Å²) < 4.78 is 0. The molecule has 2 N–H and O–H groups in total. The number of aromatic nitrogens is 1. The van der Waals surface area contributed by atoms with Crippen LogP contribution in [-0.2, 0) is 0 Å². The molecule has 0 aliphatic heterocycles. The Morgan fingerprint density at radius 1 is 1.56 bits per heavy atom. The molecule has 1 amide bonds. The molecule has 1 aliphatic rings. The highest BCUT2D eigenvalue weighted by Gasteiger charge is 2.32. The van der Waals surface area contributed by atoms with Crippen LogP contribution in [0.1, 0.15) is 30.3 Å². The zero-order valence-corrected chi connectivity index (χ0v) is 9.68. The van der Waals surface area contributed by atoms with Gasteiger partial charge in [-0.2, -0.15) is 0 Å². The van der Waals surface area contributed by atoms with Crippen LogP contribution in [0.25, 0.3) is 0 Å². The molecule has 4 nitrogen and oxygen atoms in total. The van der Waals surface area contributed by atoms with Crippen LogP contribution in [0, 0.1) is 5.92 Å².